The molecule has 9 heteroatoms. The summed E-state index contributed by atoms with van der Waals surface area (Å²) in [6.45, 7) is 0.296. The lowest BCUT2D eigenvalue weighted by Crippen LogP contribution is -2.41. The fraction of sp³-hybridized carbons (Fsp3) is 0.263. The molecule has 148 valence electrons. The molecule has 0 radical (unpaired) electrons. The first-order chi connectivity index (χ1) is 13.5. The van der Waals surface area contributed by atoms with Gasteiger partial charge in [0.2, 0.25) is 6.10 Å². The molecule has 0 aliphatic heterocycles. The normalized spacial score (nSPS) is 11.2. The summed E-state index contributed by atoms with van der Waals surface area (Å²) >= 11 is 1.42. The van der Waals surface area contributed by atoms with Gasteiger partial charge in [0.15, 0.2) is 0 Å². The molecule has 0 aliphatic rings. The fourth-order valence-electron chi connectivity index (χ4n) is 2.26. The highest BCUT2D eigenvalue weighted by atomic mass is 32.1. The van der Waals surface area contributed by atoms with Gasteiger partial charge in [0, 0.05) is 36.5 Å². The van der Waals surface area contributed by atoms with E-state index < -0.39 is 24.0 Å². The molecule has 3 N–H and O–H groups in total. The number of imide groups is 1. The molecule has 1 aromatic carbocycles. The van der Waals surface area contributed by atoms with Crippen LogP contribution < -0.4 is 16.0 Å². The number of carbonyl (C=O) groups excluding carboxylic acids is 4. The Labute approximate surface area is 166 Å². The van der Waals surface area contributed by atoms with E-state index in [0.717, 1.165) is 0 Å². The Hall–Kier alpha value is -3.20. The van der Waals surface area contributed by atoms with Crippen molar-refractivity contribution in [2.75, 3.05) is 13.6 Å². The number of hydrogen-bond acceptors (Lipinski definition) is 6. The van der Waals surface area contributed by atoms with Crippen LogP contribution in [0.3, 0.4) is 0 Å². The van der Waals surface area contributed by atoms with Gasteiger partial charge in [-0.05, 0) is 17.9 Å². The quantitative estimate of drug-likeness (QED) is 0.461. The summed E-state index contributed by atoms with van der Waals surface area (Å²) in [7, 11) is 1.37. The van der Waals surface area contributed by atoms with Crippen LogP contribution in [0.1, 0.15) is 34.9 Å². The number of urea groups is 1. The van der Waals surface area contributed by atoms with Crippen molar-refractivity contribution in [3.05, 3.63) is 58.3 Å². The summed E-state index contributed by atoms with van der Waals surface area (Å²) in [5.74, 6) is -1.56. The lowest BCUT2D eigenvalue weighted by molar-refractivity contribution is -0.156. The van der Waals surface area contributed by atoms with Crippen molar-refractivity contribution in [1.82, 2.24) is 16.0 Å². The minimum absolute atomic E-state index is 0.0144. The lowest BCUT2D eigenvalue weighted by Gasteiger charge is -2.17. The molecule has 2 aromatic rings. The topological polar surface area (TPSA) is 114 Å². The van der Waals surface area contributed by atoms with Gasteiger partial charge in [0.05, 0.1) is 0 Å². The average Bonchev–Trinajstić information content (AvgIpc) is 3.24. The number of ether oxygens (including phenoxy) is 1. The molecule has 28 heavy (non-hydrogen) atoms. The third-order valence-corrected chi connectivity index (χ3v) is 4.36. The van der Waals surface area contributed by atoms with E-state index in [0.29, 0.717) is 24.1 Å². The zero-order valence-electron chi connectivity index (χ0n) is 15.3. The molecule has 0 fully saturated rings. The third kappa shape index (κ3) is 6.51. The molecule has 0 spiro atoms. The minimum atomic E-state index is -1.24. The van der Waals surface area contributed by atoms with E-state index in [2.05, 4.69) is 16.0 Å². The van der Waals surface area contributed by atoms with Gasteiger partial charge >= 0.3 is 12.0 Å². The molecule has 8 nitrogen and oxygen atoms in total. The number of amides is 4. The smallest absolute Gasteiger partial charge is 0.321 e. The summed E-state index contributed by atoms with van der Waals surface area (Å²) in [6, 6.07) is 9.43. The Morgan fingerprint density at radius 2 is 1.86 bits per heavy atom. The van der Waals surface area contributed by atoms with Crippen molar-refractivity contribution in [2.24, 2.45) is 0 Å². The summed E-state index contributed by atoms with van der Waals surface area (Å²) in [5, 5.41) is 10.6. The molecule has 4 amide bonds. The number of thiophene rings is 1. The second-order valence-electron chi connectivity index (χ2n) is 5.72. The van der Waals surface area contributed by atoms with Crippen LogP contribution in [0, 0.1) is 0 Å². The van der Waals surface area contributed by atoms with E-state index in [1.165, 1.54) is 18.4 Å². The lowest BCUT2D eigenvalue weighted by atomic mass is 10.1. The number of esters is 1. The van der Waals surface area contributed by atoms with Gasteiger partial charge in [-0.1, -0.05) is 30.3 Å². The van der Waals surface area contributed by atoms with Crippen molar-refractivity contribution in [3.63, 3.8) is 0 Å². The monoisotopic (exact) mass is 403 g/mol. The van der Waals surface area contributed by atoms with Crippen molar-refractivity contribution >= 4 is 35.2 Å². The van der Waals surface area contributed by atoms with E-state index in [-0.39, 0.29) is 12.3 Å². The standard InChI is InChI=1S/C19H21N3O5S/c1-20-19(26)22-18(25)16(13-6-3-2-4-7-13)27-15(23)8-5-10-21-17(24)14-9-11-28-12-14/h2-4,6-7,9,11-12,16H,5,8,10H2,1H3,(H,21,24)(H2,20,22,25,26). The summed E-state index contributed by atoms with van der Waals surface area (Å²) in [5.41, 5.74) is 1.02. The van der Waals surface area contributed by atoms with Gasteiger partial charge < -0.3 is 15.4 Å². The van der Waals surface area contributed by atoms with Crippen LogP contribution in [0.2, 0.25) is 0 Å². The van der Waals surface area contributed by atoms with Crippen LogP contribution in [-0.4, -0.2) is 37.4 Å². The molecule has 1 unspecified atom stereocenters. The second kappa shape index (κ2) is 10.8. The maximum Gasteiger partial charge on any atom is 0.321 e. The van der Waals surface area contributed by atoms with Gasteiger partial charge in [-0.15, -0.1) is 0 Å². The first kappa shape index (κ1) is 21.1. The van der Waals surface area contributed by atoms with E-state index in [1.807, 2.05) is 0 Å². The molecule has 0 saturated heterocycles. The minimum Gasteiger partial charge on any atom is -0.447 e. The number of benzene rings is 1. The Balaban J connectivity index is 1.86. The molecule has 1 atom stereocenters. The van der Waals surface area contributed by atoms with Crippen LogP contribution in [0.15, 0.2) is 47.2 Å². The molecular formula is C19H21N3O5S. The molecule has 0 aliphatic carbocycles. The highest BCUT2D eigenvalue weighted by Gasteiger charge is 2.26. The van der Waals surface area contributed by atoms with E-state index in [4.69, 9.17) is 4.74 Å². The molecule has 1 heterocycles. The van der Waals surface area contributed by atoms with E-state index in [1.54, 1.807) is 47.2 Å². The number of hydrogen-bond donors (Lipinski definition) is 3. The highest BCUT2D eigenvalue weighted by molar-refractivity contribution is 7.08. The second-order valence-corrected chi connectivity index (χ2v) is 6.50. The molecular weight excluding hydrogens is 382 g/mol. The fourth-order valence-corrected chi connectivity index (χ4v) is 2.90. The van der Waals surface area contributed by atoms with Gasteiger partial charge in [0.1, 0.15) is 0 Å². The van der Waals surface area contributed by atoms with Crippen LogP contribution >= 0.6 is 11.3 Å². The maximum absolute atomic E-state index is 12.3. The van der Waals surface area contributed by atoms with Gasteiger partial charge in [-0.3, -0.25) is 19.7 Å². The Morgan fingerprint density at radius 1 is 1.11 bits per heavy atom. The Morgan fingerprint density at radius 3 is 2.50 bits per heavy atom. The van der Waals surface area contributed by atoms with Crippen molar-refractivity contribution in [2.45, 2.75) is 18.9 Å². The van der Waals surface area contributed by atoms with Gasteiger partial charge in [-0.2, -0.15) is 11.3 Å². The Kier molecular flexibility index (Phi) is 8.16. The SMILES string of the molecule is CNC(=O)NC(=O)C(OC(=O)CCCNC(=O)c1ccsc1)c1ccccc1. The molecule has 2 rings (SSSR count). The third-order valence-electron chi connectivity index (χ3n) is 3.68. The van der Waals surface area contributed by atoms with Crippen molar-refractivity contribution in [3.8, 4) is 0 Å². The van der Waals surface area contributed by atoms with E-state index in [9.17, 15) is 19.2 Å². The molecule has 0 saturated carbocycles. The Bertz CT molecular complexity index is 808. The van der Waals surface area contributed by atoms with Crippen molar-refractivity contribution in [1.29, 1.82) is 0 Å². The van der Waals surface area contributed by atoms with Crippen molar-refractivity contribution < 1.29 is 23.9 Å². The average molecular weight is 403 g/mol. The van der Waals surface area contributed by atoms with Crippen LogP contribution in [0.4, 0.5) is 4.79 Å². The molecule has 1 aromatic heterocycles. The van der Waals surface area contributed by atoms with Crippen LogP contribution in [-0.2, 0) is 14.3 Å². The first-order valence-electron chi connectivity index (χ1n) is 8.58. The number of nitrogens with one attached hydrogen (secondary N) is 3. The maximum atomic E-state index is 12.3. The summed E-state index contributed by atoms with van der Waals surface area (Å²) in [6.07, 6.45) is -0.875. The molecule has 0 bridgehead atoms. The first-order valence-corrected chi connectivity index (χ1v) is 9.53. The van der Waals surface area contributed by atoms with E-state index >= 15 is 0 Å². The predicted octanol–water partition coefficient (Wildman–Crippen LogP) is 2.00. The zero-order valence-corrected chi connectivity index (χ0v) is 16.1. The summed E-state index contributed by atoms with van der Waals surface area (Å²) < 4.78 is 5.28. The van der Waals surface area contributed by atoms with Crippen LogP contribution in [0.5, 0.6) is 0 Å². The van der Waals surface area contributed by atoms with Gasteiger partial charge in [0.25, 0.3) is 11.8 Å². The predicted molar refractivity (Wildman–Crippen MR) is 104 cm³/mol. The zero-order chi connectivity index (χ0) is 20.4. The van der Waals surface area contributed by atoms with Gasteiger partial charge in [-0.25, -0.2) is 4.79 Å². The summed E-state index contributed by atoms with van der Waals surface area (Å²) in [4.78, 5) is 47.7. The number of carbonyl (C=O) groups is 4. The number of rotatable bonds is 8. The van der Waals surface area contributed by atoms with Crippen LogP contribution in [0.25, 0.3) is 0 Å². The highest BCUT2D eigenvalue weighted by Crippen LogP contribution is 2.18. The largest absolute Gasteiger partial charge is 0.447 e.